The molecule has 0 N–H and O–H groups in total. The zero-order chi connectivity index (χ0) is 17.0. The van der Waals surface area contributed by atoms with Gasteiger partial charge < -0.3 is 4.74 Å². The van der Waals surface area contributed by atoms with Crippen LogP contribution in [0.5, 0.6) is 0 Å². The Morgan fingerprint density at radius 2 is 2.09 bits per heavy atom. The van der Waals surface area contributed by atoms with E-state index in [1.54, 1.807) is 14.1 Å². The molecular weight excluding hydrogens is 318 g/mol. The fourth-order valence-electron chi connectivity index (χ4n) is 2.67. The van der Waals surface area contributed by atoms with Crippen LogP contribution in [0.3, 0.4) is 0 Å². The molecule has 23 heavy (non-hydrogen) atoms. The minimum atomic E-state index is -3.11. The Balaban J connectivity index is 1.80. The molecule has 8 nitrogen and oxygen atoms in total. The molecular formula is C14H27N5O3S. The Hall–Kier alpha value is -1.03. The average molecular weight is 345 g/mol. The first-order chi connectivity index (χ1) is 10.8. The number of morpholine rings is 1. The van der Waals surface area contributed by atoms with Crippen LogP contribution in [0.15, 0.2) is 0 Å². The summed E-state index contributed by atoms with van der Waals surface area (Å²) in [6, 6.07) is 0. The van der Waals surface area contributed by atoms with Gasteiger partial charge in [-0.15, -0.1) is 0 Å². The summed E-state index contributed by atoms with van der Waals surface area (Å²) in [7, 11) is 0.0330. The van der Waals surface area contributed by atoms with Crippen LogP contribution in [0, 0.1) is 13.8 Å². The minimum absolute atomic E-state index is 0.0639. The first-order valence-electron chi connectivity index (χ1n) is 7.90. The number of hydrogen-bond acceptors (Lipinski definition) is 6. The van der Waals surface area contributed by atoms with E-state index >= 15 is 0 Å². The van der Waals surface area contributed by atoms with Crippen molar-refractivity contribution in [1.82, 2.24) is 24.0 Å². The lowest BCUT2D eigenvalue weighted by atomic mass is 10.2. The largest absolute Gasteiger partial charge is 0.374 e. The van der Waals surface area contributed by atoms with Crippen LogP contribution in [0.4, 0.5) is 0 Å². The fourth-order valence-corrected chi connectivity index (χ4v) is 3.53. The van der Waals surface area contributed by atoms with E-state index in [9.17, 15) is 8.42 Å². The zero-order valence-corrected chi connectivity index (χ0v) is 15.2. The first-order valence-corrected chi connectivity index (χ1v) is 9.51. The van der Waals surface area contributed by atoms with Crippen molar-refractivity contribution in [3.05, 3.63) is 11.6 Å². The van der Waals surface area contributed by atoms with E-state index in [4.69, 9.17) is 4.74 Å². The number of hydrogen-bond donors (Lipinski definition) is 0. The molecule has 0 unspecified atom stereocenters. The second-order valence-electron chi connectivity index (χ2n) is 6.13. The monoisotopic (exact) mass is 345 g/mol. The Kier molecular flexibility index (Phi) is 6.12. The molecule has 132 valence electrons. The van der Waals surface area contributed by atoms with Gasteiger partial charge >= 0.3 is 0 Å². The van der Waals surface area contributed by atoms with Crippen LogP contribution in [-0.4, -0.2) is 84.6 Å². The Labute approximate surface area is 138 Å². The van der Waals surface area contributed by atoms with E-state index < -0.39 is 10.0 Å². The maximum absolute atomic E-state index is 11.8. The summed E-state index contributed by atoms with van der Waals surface area (Å²) in [6.07, 6.45) is 0.698. The summed E-state index contributed by atoms with van der Waals surface area (Å²) in [5.74, 6) is 1.84. The number of rotatable bonds is 7. The summed E-state index contributed by atoms with van der Waals surface area (Å²) in [5, 5.41) is 4.37. The molecule has 1 aliphatic rings. The highest BCUT2D eigenvalue weighted by Gasteiger charge is 2.22. The highest BCUT2D eigenvalue weighted by molar-refractivity contribution is 7.89. The van der Waals surface area contributed by atoms with Crippen LogP contribution in [0.2, 0.25) is 0 Å². The van der Waals surface area contributed by atoms with E-state index in [0.717, 1.165) is 31.3 Å². The molecule has 0 bridgehead atoms. The molecule has 1 fully saturated rings. The third-order valence-corrected chi connectivity index (χ3v) is 5.91. The summed E-state index contributed by atoms with van der Waals surface area (Å²) in [5.41, 5.74) is 0. The van der Waals surface area contributed by atoms with Crippen molar-refractivity contribution in [1.29, 1.82) is 0 Å². The quantitative estimate of drug-likeness (QED) is 0.685. The van der Waals surface area contributed by atoms with E-state index in [1.807, 2.05) is 18.5 Å². The summed E-state index contributed by atoms with van der Waals surface area (Å²) >= 11 is 0. The second-order valence-corrected chi connectivity index (χ2v) is 8.44. The van der Waals surface area contributed by atoms with Crippen LogP contribution in [0.1, 0.15) is 18.1 Å². The molecule has 0 aliphatic carbocycles. The van der Waals surface area contributed by atoms with Gasteiger partial charge in [0.1, 0.15) is 11.6 Å². The van der Waals surface area contributed by atoms with E-state index in [2.05, 4.69) is 15.0 Å². The van der Waals surface area contributed by atoms with Crippen LogP contribution < -0.4 is 0 Å². The van der Waals surface area contributed by atoms with Crippen molar-refractivity contribution < 1.29 is 13.2 Å². The van der Waals surface area contributed by atoms with Gasteiger partial charge in [0.25, 0.3) is 0 Å². The molecule has 0 spiro atoms. The van der Waals surface area contributed by atoms with Gasteiger partial charge in [0, 0.05) is 27.2 Å². The number of ether oxygens (including phenoxy) is 1. The maximum atomic E-state index is 11.8. The molecule has 2 heterocycles. The average Bonchev–Trinajstić information content (AvgIpc) is 2.77. The van der Waals surface area contributed by atoms with Crippen molar-refractivity contribution in [3.63, 3.8) is 0 Å². The van der Waals surface area contributed by atoms with Crippen molar-refractivity contribution >= 4 is 10.0 Å². The maximum Gasteiger partial charge on any atom is 0.213 e. The van der Waals surface area contributed by atoms with Gasteiger partial charge in [-0.1, -0.05) is 0 Å². The first kappa shape index (κ1) is 18.3. The highest BCUT2D eigenvalue weighted by Crippen LogP contribution is 2.10. The molecule has 1 aromatic rings. The predicted octanol–water partition coefficient (Wildman–Crippen LogP) is -0.123. The molecule has 9 heteroatoms. The van der Waals surface area contributed by atoms with E-state index in [0.29, 0.717) is 19.6 Å². The van der Waals surface area contributed by atoms with Gasteiger partial charge in [-0.25, -0.2) is 22.4 Å². The Morgan fingerprint density at radius 3 is 2.70 bits per heavy atom. The number of aromatic nitrogens is 3. The lowest BCUT2D eigenvalue weighted by Gasteiger charge is -2.33. The number of aryl methyl sites for hydroxylation is 2. The number of nitrogens with zero attached hydrogens (tertiary/aromatic N) is 5. The van der Waals surface area contributed by atoms with Crippen molar-refractivity contribution in [2.24, 2.45) is 0 Å². The van der Waals surface area contributed by atoms with Crippen molar-refractivity contribution in [2.45, 2.75) is 32.9 Å². The molecule has 0 amide bonds. The number of sulfonamides is 1. The van der Waals surface area contributed by atoms with Gasteiger partial charge in [-0.3, -0.25) is 4.90 Å². The van der Waals surface area contributed by atoms with E-state index in [1.165, 1.54) is 4.31 Å². The molecule has 1 atom stereocenters. The molecule has 1 aromatic heterocycles. The summed E-state index contributed by atoms with van der Waals surface area (Å²) < 4.78 is 32.5. The van der Waals surface area contributed by atoms with Crippen LogP contribution in [0.25, 0.3) is 0 Å². The smallest absolute Gasteiger partial charge is 0.213 e. The topological polar surface area (TPSA) is 80.6 Å². The SMILES string of the molecule is Cc1nc(C)n(C[C@@H]2CN(CCCS(=O)(=O)N(C)C)CCO2)n1. The van der Waals surface area contributed by atoms with Gasteiger partial charge in [0.15, 0.2) is 0 Å². The Morgan fingerprint density at radius 1 is 1.35 bits per heavy atom. The normalized spacial score (nSPS) is 20.3. The zero-order valence-electron chi connectivity index (χ0n) is 14.4. The minimum Gasteiger partial charge on any atom is -0.374 e. The van der Waals surface area contributed by atoms with Crippen molar-refractivity contribution in [3.8, 4) is 0 Å². The second kappa shape index (κ2) is 7.69. The van der Waals surface area contributed by atoms with Crippen molar-refractivity contribution in [2.75, 3.05) is 46.1 Å². The lowest BCUT2D eigenvalue weighted by molar-refractivity contribution is -0.0376. The molecule has 2 rings (SSSR count). The van der Waals surface area contributed by atoms with Gasteiger partial charge in [-0.05, 0) is 26.8 Å². The molecule has 1 aliphatic heterocycles. The van der Waals surface area contributed by atoms with Crippen LogP contribution in [-0.2, 0) is 21.3 Å². The fraction of sp³-hybridized carbons (Fsp3) is 0.857. The highest BCUT2D eigenvalue weighted by atomic mass is 32.2. The Bertz CT molecular complexity index is 614. The lowest BCUT2D eigenvalue weighted by Crippen LogP contribution is -2.45. The standard InChI is InChI=1S/C14H27N5O3S/c1-12-15-13(2)19(16-12)11-14-10-18(7-8-22-14)6-5-9-23(20,21)17(3)4/h14H,5-11H2,1-4H3/t14-/m0/s1. The summed E-state index contributed by atoms with van der Waals surface area (Å²) in [6.45, 7) is 7.56. The third-order valence-electron chi connectivity index (χ3n) is 4.00. The van der Waals surface area contributed by atoms with Crippen LogP contribution >= 0.6 is 0 Å². The van der Waals surface area contributed by atoms with Gasteiger partial charge in [-0.2, -0.15) is 5.10 Å². The molecule has 1 saturated heterocycles. The van der Waals surface area contributed by atoms with Gasteiger partial charge in [0.05, 0.1) is 25.0 Å². The summed E-state index contributed by atoms with van der Waals surface area (Å²) in [4.78, 5) is 6.56. The third kappa shape index (κ3) is 5.23. The predicted molar refractivity (Wildman–Crippen MR) is 87.8 cm³/mol. The molecule has 0 radical (unpaired) electrons. The van der Waals surface area contributed by atoms with E-state index in [-0.39, 0.29) is 11.9 Å². The molecule has 0 aromatic carbocycles. The van der Waals surface area contributed by atoms with Gasteiger partial charge in [0.2, 0.25) is 10.0 Å². The molecule has 0 saturated carbocycles.